The first-order chi connectivity index (χ1) is 16.3. The number of hydrogen-bond donors (Lipinski definition) is 3. The van der Waals surface area contributed by atoms with Crippen molar-refractivity contribution in [1.82, 2.24) is 4.72 Å². The van der Waals surface area contributed by atoms with Crippen LogP contribution in [0.25, 0.3) is 0 Å². The Hall–Kier alpha value is -2.95. The smallest absolute Gasteiger partial charge is 0.255 e. The van der Waals surface area contributed by atoms with Crippen molar-refractivity contribution >= 4 is 33.2 Å². The summed E-state index contributed by atoms with van der Waals surface area (Å²) >= 11 is 0. The van der Waals surface area contributed by atoms with E-state index in [1.165, 1.54) is 24.3 Å². The molecule has 2 heterocycles. The van der Waals surface area contributed by atoms with Crippen LogP contribution in [0.5, 0.6) is 0 Å². The molecular formula is C24H30N4O5S. The van der Waals surface area contributed by atoms with Crippen LogP contribution < -0.4 is 20.7 Å². The highest BCUT2D eigenvalue weighted by Gasteiger charge is 2.25. The topological polar surface area (TPSA) is 131 Å². The van der Waals surface area contributed by atoms with Gasteiger partial charge in [-0.25, -0.2) is 13.1 Å². The molecule has 4 N–H and O–H groups in total. The average Bonchev–Trinajstić information content (AvgIpc) is 3.37. The predicted octanol–water partition coefficient (Wildman–Crippen LogP) is 2.10. The van der Waals surface area contributed by atoms with Crippen molar-refractivity contribution in [3.63, 3.8) is 0 Å². The molecule has 182 valence electrons. The van der Waals surface area contributed by atoms with Gasteiger partial charge in [-0.1, -0.05) is 12.1 Å². The number of hydrogen-bond acceptors (Lipinski definition) is 6. The van der Waals surface area contributed by atoms with Gasteiger partial charge in [-0.05, 0) is 62.1 Å². The van der Waals surface area contributed by atoms with Crippen LogP contribution in [0.3, 0.4) is 0 Å². The number of amides is 2. The van der Waals surface area contributed by atoms with Crippen LogP contribution in [-0.2, 0) is 19.6 Å². The molecule has 4 rings (SSSR count). The van der Waals surface area contributed by atoms with Crippen LogP contribution in [0.1, 0.15) is 36.0 Å². The number of nitrogens with one attached hydrogen (secondary N) is 2. The van der Waals surface area contributed by atoms with Crippen molar-refractivity contribution in [2.75, 3.05) is 36.5 Å². The maximum atomic E-state index is 12.9. The molecule has 34 heavy (non-hydrogen) atoms. The summed E-state index contributed by atoms with van der Waals surface area (Å²) in [5, 5.41) is 2.92. The molecular weight excluding hydrogens is 456 g/mol. The van der Waals surface area contributed by atoms with Crippen molar-refractivity contribution in [3.05, 3.63) is 54.1 Å². The first-order valence-corrected chi connectivity index (χ1v) is 13.0. The number of primary amides is 1. The van der Waals surface area contributed by atoms with Gasteiger partial charge in [0.25, 0.3) is 5.91 Å². The highest BCUT2D eigenvalue weighted by molar-refractivity contribution is 7.89. The molecule has 0 radical (unpaired) electrons. The number of carbonyl (C=O) groups excluding carboxylic acids is 2. The zero-order valence-corrected chi connectivity index (χ0v) is 19.7. The Morgan fingerprint density at radius 2 is 1.74 bits per heavy atom. The second kappa shape index (κ2) is 10.5. The first-order valence-electron chi connectivity index (χ1n) is 11.5. The number of sulfonamides is 1. The summed E-state index contributed by atoms with van der Waals surface area (Å²) in [6.07, 6.45) is 3.03. The summed E-state index contributed by atoms with van der Waals surface area (Å²) in [7, 11) is -3.68. The lowest BCUT2D eigenvalue weighted by Crippen LogP contribution is -2.38. The Morgan fingerprint density at radius 1 is 1.03 bits per heavy atom. The predicted molar refractivity (Wildman–Crippen MR) is 129 cm³/mol. The highest BCUT2D eigenvalue weighted by atomic mass is 32.2. The second-order valence-electron chi connectivity index (χ2n) is 8.65. The summed E-state index contributed by atoms with van der Waals surface area (Å²) in [6, 6.07) is 13.3. The molecule has 0 aliphatic carbocycles. The van der Waals surface area contributed by atoms with Gasteiger partial charge in [0.2, 0.25) is 15.9 Å². The van der Waals surface area contributed by atoms with E-state index in [1.54, 1.807) is 0 Å². The number of rotatable bonds is 8. The van der Waals surface area contributed by atoms with Crippen LogP contribution in [0, 0.1) is 5.92 Å². The molecule has 9 nitrogen and oxygen atoms in total. The van der Waals surface area contributed by atoms with Gasteiger partial charge in [-0.2, -0.15) is 0 Å². The Bertz CT molecular complexity index is 1120. The number of nitrogens with zero attached hydrogens (tertiary/aromatic N) is 1. The summed E-state index contributed by atoms with van der Waals surface area (Å²) in [5.74, 6) is -0.725. The molecule has 0 bridgehead atoms. The third-order valence-electron chi connectivity index (χ3n) is 6.34. The van der Waals surface area contributed by atoms with Crippen molar-refractivity contribution in [2.45, 2.75) is 36.7 Å². The molecule has 0 aromatic heterocycles. The third-order valence-corrected chi connectivity index (χ3v) is 7.78. The molecule has 10 heteroatoms. The van der Waals surface area contributed by atoms with E-state index >= 15 is 0 Å². The second-order valence-corrected chi connectivity index (χ2v) is 10.4. The summed E-state index contributed by atoms with van der Waals surface area (Å²) in [6.45, 7) is 2.24. The van der Waals surface area contributed by atoms with Crippen LogP contribution in [-0.4, -0.2) is 52.6 Å². The van der Waals surface area contributed by atoms with Crippen molar-refractivity contribution in [1.29, 1.82) is 0 Å². The molecule has 2 fully saturated rings. The van der Waals surface area contributed by atoms with Gasteiger partial charge in [0.05, 0.1) is 22.4 Å². The number of ether oxygens (including phenoxy) is 1. The fraction of sp³-hybridized carbons (Fsp3) is 0.417. The maximum Gasteiger partial charge on any atom is 0.255 e. The van der Waals surface area contributed by atoms with Crippen LogP contribution in [0.15, 0.2) is 53.4 Å². The monoisotopic (exact) mass is 486 g/mol. The van der Waals surface area contributed by atoms with E-state index in [2.05, 4.69) is 14.9 Å². The van der Waals surface area contributed by atoms with Gasteiger partial charge < -0.3 is 20.7 Å². The van der Waals surface area contributed by atoms with E-state index in [-0.39, 0.29) is 35.3 Å². The van der Waals surface area contributed by atoms with Gasteiger partial charge in [0.15, 0.2) is 0 Å². The summed E-state index contributed by atoms with van der Waals surface area (Å²) < 4.78 is 33.1. The van der Waals surface area contributed by atoms with Gasteiger partial charge in [0, 0.05) is 37.7 Å². The van der Waals surface area contributed by atoms with E-state index in [9.17, 15) is 18.0 Å². The number of carbonyl (C=O) groups is 2. The van der Waals surface area contributed by atoms with Crippen LogP contribution >= 0.6 is 0 Å². The van der Waals surface area contributed by atoms with Gasteiger partial charge >= 0.3 is 0 Å². The highest BCUT2D eigenvalue weighted by Crippen LogP contribution is 2.30. The molecule has 1 atom stereocenters. The van der Waals surface area contributed by atoms with Gasteiger partial charge in [-0.3, -0.25) is 9.59 Å². The average molecular weight is 487 g/mol. The summed E-state index contributed by atoms with van der Waals surface area (Å²) in [4.78, 5) is 26.6. The zero-order valence-electron chi connectivity index (χ0n) is 18.9. The minimum absolute atomic E-state index is 0.0959. The molecule has 2 amide bonds. The third kappa shape index (κ3) is 5.75. The maximum absolute atomic E-state index is 12.9. The van der Waals surface area contributed by atoms with E-state index < -0.39 is 10.0 Å². The summed E-state index contributed by atoms with van der Waals surface area (Å²) in [5.41, 5.74) is 7.30. The van der Waals surface area contributed by atoms with Crippen molar-refractivity contribution < 1.29 is 22.7 Å². The van der Waals surface area contributed by atoms with Crippen molar-refractivity contribution in [2.24, 2.45) is 11.7 Å². The largest absolute Gasteiger partial charge is 0.377 e. The molecule has 0 spiro atoms. The van der Waals surface area contributed by atoms with E-state index in [1.807, 2.05) is 24.3 Å². The SMILES string of the molecule is NC(=O)C1CCN(c2ccccc2NC(=O)c2ccc(S(=O)(=O)NCC3CCCO3)cc2)CC1. The van der Waals surface area contributed by atoms with Gasteiger partial charge in [0.1, 0.15) is 0 Å². The lowest BCUT2D eigenvalue weighted by atomic mass is 9.96. The molecule has 0 saturated carbocycles. The fourth-order valence-corrected chi connectivity index (χ4v) is 5.40. The number of benzene rings is 2. The zero-order chi connectivity index (χ0) is 24.1. The lowest BCUT2D eigenvalue weighted by Gasteiger charge is -2.33. The van der Waals surface area contributed by atoms with Crippen molar-refractivity contribution in [3.8, 4) is 0 Å². The number of para-hydroxylation sites is 2. The lowest BCUT2D eigenvalue weighted by molar-refractivity contribution is -0.122. The van der Waals surface area contributed by atoms with Crippen LogP contribution in [0.4, 0.5) is 11.4 Å². The quantitative estimate of drug-likeness (QED) is 0.524. The number of nitrogens with two attached hydrogens (primary N) is 1. The Balaban J connectivity index is 1.40. The Kier molecular flexibility index (Phi) is 7.50. The van der Waals surface area contributed by atoms with E-state index in [0.29, 0.717) is 43.8 Å². The minimum atomic E-state index is -3.68. The fourth-order valence-electron chi connectivity index (χ4n) is 4.33. The molecule has 2 aromatic carbocycles. The number of anilines is 2. The molecule has 1 unspecified atom stereocenters. The Morgan fingerprint density at radius 3 is 2.38 bits per heavy atom. The Labute approximate surface area is 199 Å². The van der Waals surface area contributed by atoms with Gasteiger partial charge in [-0.15, -0.1) is 0 Å². The molecule has 2 aliphatic rings. The van der Waals surface area contributed by atoms with Crippen LogP contribution in [0.2, 0.25) is 0 Å². The molecule has 2 aliphatic heterocycles. The molecule has 2 saturated heterocycles. The standard InChI is InChI=1S/C24H30N4O5S/c25-23(29)17-11-13-28(14-12-17)22-6-2-1-5-21(22)27-24(30)18-7-9-20(10-8-18)34(31,32)26-16-19-4-3-15-33-19/h1-2,5-10,17,19,26H,3-4,11-16H2,(H2,25,29)(H,27,30). The number of piperidine rings is 1. The minimum Gasteiger partial charge on any atom is -0.377 e. The normalized spacial score (nSPS) is 19.2. The molecule has 2 aromatic rings. The van der Waals surface area contributed by atoms with E-state index in [0.717, 1.165) is 18.5 Å². The van der Waals surface area contributed by atoms with E-state index in [4.69, 9.17) is 10.5 Å². The first kappa shape index (κ1) is 24.2.